The van der Waals surface area contributed by atoms with Gasteiger partial charge in [-0.25, -0.2) is 0 Å². The maximum absolute atomic E-state index is 11.4. The molecule has 2 atom stereocenters. The molecule has 1 aliphatic carbocycles. The molecule has 1 heterocycles. The van der Waals surface area contributed by atoms with E-state index in [1.165, 1.54) is 25.7 Å². The van der Waals surface area contributed by atoms with Crippen LogP contribution in [0.1, 0.15) is 51.9 Å². The van der Waals surface area contributed by atoms with Crippen LogP contribution in [0.25, 0.3) is 0 Å². The van der Waals surface area contributed by atoms with Crippen molar-refractivity contribution in [2.45, 2.75) is 57.9 Å². The molecule has 80 valence electrons. The minimum Gasteiger partial charge on any atom is -0.313 e. The lowest BCUT2D eigenvalue weighted by Crippen LogP contribution is -2.53. The lowest BCUT2D eigenvalue weighted by atomic mass is 9.63. The van der Waals surface area contributed by atoms with Gasteiger partial charge in [0.2, 0.25) is 0 Å². The van der Waals surface area contributed by atoms with Gasteiger partial charge in [0, 0.05) is 18.9 Å². The molecule has 0 radical (unpaired) electrons. The second-order valence-corrected chi connectivity index (χ2v) is 4.97. The first-order valence-corrected chi connectivity index (χ1v) is 6.02. The maximum Gasteiger partial charge on any atom is 0.134 e. The molecule has 1 N–H and O–H groups in total. The van der Waals surface area contributed by atoms with Crippen LogP contribution >= 0.6 is 0 Å². The summed E-state index contributed by atoms with van der Waals surface area (Å²) in [7, 11) is 0. The number of hydrogen-bond donors (Lipinski definition) is 1. The van der Waals surface area contributed by atoms with E-state index in [-0.39, 0.29) is 0 Å². The number of hydrogen-bond acceptors (Lipinski definition) is 2. The van der Waals surface area contributed by atoms with Crippen molar-refractivity contribution in [2.75, 3.05) is 6.54 Å². The number of rotatable bonds is 2. The Morgan fingerprint density at radius 3 is 3.14 bits per heavy atom. The van der Waals surface area contributed by atoms with Crippen LogP contribution in [0.2, 0.25) is 0 Å². The van der Waals surface area contributed by atoms with Crippen LogP contribution in [0, 0.1) is 5.41 Å². The fraction of sp³-hybridized carbons (Fsp3) is 0.917. The highest BCUT2D eigenvalue weighted by Crippen LogP contribution is 2.44. The van der Waals surface area contributed by atoms with Gasteiger partial charge < -0.3 is 5.32 Å². The first-order valence-electron chi connectivity index (χ1n) is 6.02. The second kappa shape index (κ2) is 4.01. The monoisotopic (exact) mass is 195 g/mol. The Bertz CT molecular complexity index is 222. The van der Waals surface area contributed by atoms with Gasteiger partial charge >= 0.3 is 0 Å². The van der Waals surface area contributed by atoms with Gasteiger partial charge in [0.05, 0.1) is 0 Å². The Hall–Kier alpha value is -0.370. The first kappa shape index (κ1) is 10.2. The molecule has 1 saturated heterocycles. The zero-order valence-corrected chi connectivity index (χ0v) is 9.14. The molecule has 0 aromatic carbocycles. The van der Waals surface area contributed by atoms with Crippen molar-refractivity contribution in [2.24, 2.45) is 5.41 Å². The minimum absolute atomic E-state index is 0.469. The molecule has 0 aromatic rings. The molecule has 2 unspecified atom stereocenters. The van der Waals surface area contributed by atoms with Crippen LogP contribution in [-0.4, -0.2) is 18.4 Å². The molecule has 0 bridgehead atoms. The van der Waals surface area contributed by atoms with Crippen molar-refractivity contribution < 1.29 is 4.79 Å². The van der Waals surface area contributed by atoms with Crippen LogP contribution in [-0.2, 0) is 4.79 Å². The van der Waals surface area contributed by atoms with E-state index in [1.807, 2.05) is 0 Å². The molecule has 2 aliphatic rings. The van der Waals surface area contributed by atoms with E-state index in [0.29, 0.717) is 17.2 Å². The van der Waals surface area contributed by atoms with E-state index < -0.39 is 0 Å². The first-order chi connectivity index (χ1) is 6.77. The van der Waals surface area contributed by atoms with E-state index >= 15 is 0 Å². The van der Waals surface area contributed by atoms with E-state index in [4.69, 9.17) is 0 Å². The van der Waals surface area contributed by atoms with Gasteiger partial charge in [-0.2, -0.15) is 0 Å². The average molecular weight is 195 g/mol. The van der Waals surface area contributed by atoms with Crippen LogP contribution in [0.4, 0.5) is 0 Å². The van der Waals surface area contributed by atoms with Gasteiger partial charge in [0.1, 0.15) is 5.78 Å². The van der Waals surface area contributed by atoms with Gasteiger partial charge in [0.25, 0.3) is 0 Å². The number of nitrogens with one attached hydrogen (secondary N) is 1. The fourth-order valence-corrected chi connectivity index (χ4v) is 3.34. The Morgan fingerprint density at radius 1 is 1.50 bits per heavy atom. The minimum atomic E-state index is 0.469. The smallest absolute Gasteiger partial charge is 0.134 e. The molecule has 14 heavy (non-hydrogen) atoms. The van der Waals surface area contributed by atoms with E-state index in [1.54, 1.807) is 0 Å². The number of Topliss-reactive ketones (excluding diaryl/α,β-unsaturated/α-hetero) is 1. The summed E-state index contributed by atoms with van der Waals surface area (Å²) in [5, 5.41) is 3.56. The van der Waals surface area contributed by atoms with Crippen molar-refractivity contribution in [3.63, 3.8) is 0 Å². The zero-order chi connectivity index (χ0) is 10.0. The summed E-state index contributed by atoms with van der Waals surface area (Å²) < 4.78 is 0. The number of carbonyl (C=O) groups is 1. The number of piperidine rings is 1. The van der Waals surface area contributed by atoms with Crippen LogP contribution in [0.15, 0.2) is 0 Å². The summed E-state index contributed by atoms with van der Waals surface area (Å²) in [4.78, 5) is 11.4. The number of carbonyl (C=O) groups excluding carboxylic acids is 1. The molecule has 2 rings (SSSR count). The summed E-state index contributed by atoms with van der Waals surface area (Å²) >= 11 is 0. The lowest BCUT2D eigenvalue weighted by Gasteiger charge is -2.47. The quantitative estimate of drug-likeness (QED) is 0.732. The SMILES string of the molecule is CCCC12CCCNC1CC(=O)CC2. The van der Waals surface area contributed by atoms with Gasteiger partial charge in [0.15, 0.2) is 0 Å². The van der Waals surface area contributed by atoms with Crippen molar-refractivity contribution in [1.82, 2.24) is 5.32 Å². The van der Waals surface area contributed by atoms with Crippen molar-refractivity contribution in [1.29, 1.82) is 0 Å². The molecular formula is C12H21NO. The van der Waals surface area contributed by atoms with E-state index in [2.05, 4.69) is 12.2 Å². The summed E-state index contributed by atoms with van der Waals surface area (Å²) in [5.41, 5.74) is 0.473. The predicted molar refractivity (Wildman–Crippen MR) is 57.2 cm³/mol. The van der Waals surface area contributed by atoms with Gasteiger partial charge in [-0.3, -0.25) is 4.79 Å². The molecule has 1 aliphatic heterocycles. The second-order valence-electron chi connectivity index (χ2n) is 4.97. The predicted octanol–water partition coefficient (Wildman–Crippen LogP) is 2.28. The van der Waals surface area contributed by atoms with Crippen LogP contribution in [0.5, 0.6) is 0 Å². The molecule has 2 fully saturated rings. The Kier molecular flexibility index (Phi) is 2.91. The normalized spacial score (nSPS) is 38.1. The summed E-state index contributed by atoms with van der Waals surface area (Å²) in [5.74, 6) is 0.469. The summed E-state index contributed by atoms with van der Waals surface area (Å²) in [6.07, 6.45) is 7.95. The molecule has 0 aromatic heterocycles. The highest BCUT2D eigenvalue weighted by molar-refractivity contribution is 5.80. The van der Waals surface area contributed by atoms with Gasteiger partial charge in [-0.05, 0) is 37.6 Å². The molecule has 1 saturated carbocycles. The fourth-order valence-electron chi connectivity index (χ4n) is 3.34. The van der Waals surface area contributed by atoms with Crippen molar-refractivity contribution >= 4 is 5.78 Å². The van der Waals surface area contributed by atoms with Gasteiger partial charge in [-0.15, -0.1) is 0 Å². The highest BCUT2D eigenvalue weighted by atomic mass is 16.1. The third kappa shape index (κ3) is 1.72. The van der Waals surface area contributed by atoms with Gasteiger partial charge in [-0.1, -0.05) is 13.3 Å². The third-order valence-corrected chi connectivity index (χ3v) is 4.06. The largest absolute Gasteiger partial charge is 0.313 e. The Labute approximate surface area is 86.5 Å². The molecular weight excluding hydrogens is 174 g/mol. The average Bonchev–Trinajstić information content (AvgIpc) is 2.19. The number of ketones is 1. The molecule has 2 heteroatoms. The maximum atomic E-state index is 11.4. The van der Waals surface area contributed by atoms with E-state index in [9.17, 15) is 4.79 Å². The summed E-state index contributed by atoms with van der Waals surface area (Å²) in [6, 6.07) is 0.498. The number of fused-ring (bicyclic) bond motifs is 1. The molecule has 0 amide bonds. The van der Waals surface area contributed by atoms with Crippen molar-refractivity contribution in [3.05, 3.63) is 0 Å². The highest BCUT2D eigenvalue weighted by Gasteiger charge is 2.43. The Balaban J connectivity index is 2.11. The summed E-state index contributed by atoms with van der Waals surface area (Å²) in [6.45, 7) is 3.38. The van der Waals surface area contributed by atoms with E-state index in [0.717, 1.165) is 25.8 Å². The zero-order valence-electron chi connectivity index (χ0n) is 9.14. The third-order valence-electron chi connectivity index (χ3n) is 4.06. The van der Waals surface area contributed by atoms with Crippen LogP contribution in [0.3, 0.4) is 0 Å². The molecule has 0 spiro atoms. The standard InChI is InChI=1S/C12H21NO/c1-2-5-12-6-3-8-13-11(12)9-10(14)4-7-12/h11,13H,2-9H2,1H3. The van der Waals surface area contributed by atoms with Crippen LogP contribution < -0.4 is 5.32 Å². The van der Waals surface area contributed by atoms with Crippen molar-refractivity contribution in [3.8, 4) is 0 Å². The topological polar surface area (TPSA) is 29.1 Å². The molecule has 2 nitrogen and oxygen atoms in total. The Morgan fingerprint density at radius 2 is 2.36 bits per heavy atom. The lowest BCUT2D eigenvalue weighted by molar-refractivity contribution is -0.124.